The highest BCUT2D eigenvalue weighted by atomic mass is 35.5. The second-order valence-electron chi connectivity index (χ2n) is 4.27. The molecule has 1 aromatic heterocycles. The molecular weight excluding hydrogens is 335 g/mol. The lowest BCUT2D eigenvalue weighted by molar-refractivity contribution is -0.137. The predicted molar refractivity (Wildman–Crippen MR) is 79.1 cm³/mol. The second kappa shape index (κ2) is 6.74. The van der Waals surface area contributed by atoms with Crippen LogP contribution in [0.5, 0.6) is 17.4 Å². The molecule has 0 spiro atoms. The number of hydrogen-bond acceptors (Lipinski definition) is 5. The molecule has 2 aromatic rings. The molecule has 2 N–H and O–H groups in total. The van der Waals surface area contributed by atoms with Gasteiger partial charge in [-0.25, -0.2) is 4.98 Å². The molecule has 0 aliphatic carbocycles. The SMILES string of the molecule is COc1cccc(C=NN)c1Oc1ncc(C(F)(F)F)cc1Cl. The van der Waals surface area contributed by atoms with Crippen LogP contribution in [0.15, 0.2) is 35.6 Å². The second-order valence-corrected chi connectivity index (χ2v) is 4.67. The molecule has 122 valence electrons. The first-order valence-corrected chi connectivity index (χ1v) is 6.55. The highest BCUT2D eigenvalue weighted by Gasteiger charge is 2.32. The van der Waals surface area contributed by atoms with Crippen LogP contribution in [-0.2, 0) is 6.18 Å². The third-order valence-electron chi connectivity index (χ3n) is 2.78. The number of halogens is 4. The summed E-state index contributed by atoms with van der Waals surface area (Å²) in [6.07, 6.45) is -2.61. The Kier molecular flexibility index (Phi) is 4.95. The molecule has 5 nitrogen and oxygen atoms in total. The first kappa shape index (κ1) is 16.9. The number of para-hydroxylation sites is 1. The molecule has 2 rings (SSSR count). The van der Waals surface area contributed by atoms with E-state index in [1.165, 1.54) is 13.3 Å². The molecular formula is C14H11ClF3N3O2. The molecule has 0 amide bonds. The van der Waals surface area contributed by atoms with Crippen molar-refractivity contribution in [3.8, 4) is 17.4 Å². The van der Waals surface area contributed by atoms with Crippen molar-refractivity contribution in [1.29, 1.82) is 0 Å². The van der Waals surface area contributed by atoms with Crippen LogP contribution in [-0.4, -0.2) is 18.3 Å². The van der Waals surface area contributed by atoms with Crippen molar-refractivity contribution in [2.45, 2.75) is 6.18 Å². The zero-order valence-electron chi connectivity index (χ0n) is 11.8. The van der Waals surface area contributed by atoms with Crippen molar-refractivity contribution in [1.82, 2.24) is 4.98 Å². The summed E-state index contributed by atoms with van der Waals surface area (Å²) < 4.78 is 48.5. The first-order valence-electron chi connectivity index (χ1n) is 6.17. The van der Waals surface area contributed by atoms with Crippen molar-refractivity contribution in [2.24, 2.45) is 10.9 Å². The van der Waals surface area contributed by atoms with Crippen molar-refractivity contribution in [3.05, 3.63) is 46.6 Å². The maximum Gasteiger partial charge on any atom is 0.417 e. The largest absolute Gasteiger partial charge is 0.493 e. The van der Waals surface area contributed by atoms with Gasteiger partial charge in [0.05, 0.1) is 18.9 Å². The molecule has 0 aliphatic heterocycles. The van der Waals surface area contributed by atoms with Gasteiger partial charge in [0.25, 0.3) is 0 Å². The number of alkyl halides is 3. The van der Waals surface area contributed by atoms with E-state index in [4.69, 9.17) is 26.9 Å². The van der Waals surface area contributed by atoms with E-state index in [1.807, 2.05) is 0 Å². The smallest absolute Gasteiger partial charge is 0.417 e. The highest BCUT2D eigenvalue weighted by molar-refractivity contribution is 6.31. The fourth-order valence-electron chi connectivity index (χ4n) is 1.74. The van der Waals surface area contributed by atoms with Crippen molar-refractivity contribution >= 4 is 17.8 Å². The molecule has 0 unspecified atom stereocenters. The predicted octanol–water partition coefficient (Wildman–Crippen LogP) is 3.85. The van der Waals surface area contributed by atoms with Crippen molar-refractivity contribution in [2.75, 3.05) is 7.11 Å². The lowest BCUT2D eigenvalue weighted by Gasteiger charge is -2.14. The number of benzene rings is 1. The van der Waals surface area contributed by atoms with Gasteiger partial charge >= 0.3 is 6.18 Å². The van der Waals surface area contributed by atoms with Gasteiger partial charge in [0.2, 0.25) is 5.88 Å². The van der Waals surface area contributed by atoms with Gasteiger partial charge in [-0.05, 0) is 18.2 Å². The summed E-state index contributed by atoms with van der Waals surface area (Å²) in [4.78, 5) is 3.61. The zero-order chi connectivity index (χ0) is 17.0. The number of hydrogen-bond donors (Lipinski definition) is 1. The third-order valence-corrected chi connectivity index (χ3v) is 3.05. The summed E-state index contributed by atoms with van der Waals surface area (Å²) in [5, 5.41) is 3.10. The van der Waals surface area contributed by atoms with Crippen LogP contribution >= 0.6 is 11.6 Å². The Morgan fingerprint density at radius 1 is 1.35 bits per heavy atom. The van der Waals surface area contributed by atoms with Crippen LogP contribution in [0.25, 0.3) is 0 Å². The minimum atomic E-state index is -4.54. The number of aromatic nitrogens is 1. The summed E-state index contributed by atoms with van der Waals surface area (Å²) in [6.45, 7) is 0. The van der Waals surface area contributed by atoms with Crippen LogP contribution in [0, 0.1) is 0 Å². The summed E-state index contributed by atoms with van der Waals surface area (Å²) in [6, 6.07) is 5.63. The van der Waals surface area contributed by atoms with Crippen molar-refractivity contribution in [3.63, 3.8) is 0 Å². The molecule has 0 fully saturated rings. The molecule has 0 radical (unpaired) electrons. The van der Waals surface area contributed by atoms with E-state index in [1.54, 1.807) is 18.2 Å². The van der Waals surface area contributed by atoms with Gasteiger partial charge in [-0.15, -0.1) is 0 Å². The number of nitrogens with zero attached hydrogens (tertiary/aromatic N) is 2. The van der Waals surface area contributed by atoms with Crippen LogP contribution in [0.2, 0.25) is 5.02 Å². The van der Waals surface area contributed by atoms with Gasteiger partial charge in [-0.3, -0.25) is 0 Å². The normalized spacial score (nSPS) is 11.7. The average Bonchev–Trinajstić information content (AvgIpc) is 2.49. The van der Waals surface area contributed by atoms with Gasteiger partial charge in [0, 0.05) is 11.8 Å². The van der Waals surface area contributed by atoms with Crippen LogP contribution in [0.4, 0.5) is 13.2 Å². The fourth-order valence-corrected chi connectivity index (χ4v) is 1.94. The zero-order valence-corrected chi connectivity index (χ0v) is 12.5. The number of rotatable bonds is 4. The standard InChI is InChI=1S/C14H11ClF3N3O2/c1-22-11-4-2-3-8(6-21-19)12(11)23-13-10(15)5-9(7-20-13)14(16,17)18/h2-7H,19H2,1H3. The average molecular weight is 346 g/mol. The van der Waals surface area contributed by atoms with E-state index in [9.17, 15) is 13.2 Å². The van der Waals surface area contributed by atoms with Crippen molar-refractivity contribution < 1.29 is 22.6 Å². The van der Waals surface area contributed by atoms with Gasteiger partial charge in [-0.1, -0.05) is 17.7 Å². The summed E-state index contributed by atoms with van der Waals surface area (Å²) in [5.41, 5.74) is -0.525. The van der Waals surface area contributed by atoms with Gasteiger partial charge in [0.15, 0.2) is 11.5 Å². The van der Waals surface area contributed by atoms with Crippen LogP contribution in [0.1, 0.15) is 11.1 Å². The Labute approximate surface area is 134 Å². The van der Waals surface area contributed by atoms with Crippen LogP contribution in [0.3, 0.4) is 0 Å². The third kappa shape index (κ3) is 3.84. The minimum Gasteiger partial charge on any atom is -0.493 e. The van der Waals surface area contributed by atoms with E-state index >= 15 is 0 Å². The Morgan fingerprint density at radius 2 is 2.09 bits per heavy atom. The number of pyridine rings is 1. The van der Waals surface area contributed by atoms with Gasteiger partial charge in [-0.2, -0.15) is 18.3 Å². The maximum atomic E-state index is 12.6. The molecule has 0 bridgehead atoms. The summed E-state index contributed by atoms with van der Waals surface area (Å²) in [5.74, 6) is 5.42. The van der Waals surface area contributed by atoms with E-state index in [0.717, 1.165) is 6.07 Å². The lowest BCUT2D eigenvalue weighted by atomic mass is 10.2. The Bertz CT molecular complexity index is 736. The Morgan fingerprint density at radius 3 is 2.65 bits per heavy atom. The number of ether oxygens (including phenoxy) is 2. The highest BCUT2D eigenvalue weighted by Crippen LogP contribution is 2.38. The molecule has 0 saturated heterocycles. The van der Waals surface area contributed by atoms with E-state index < -0.39 is 11.7 Å². The quantitative estimate of drug-likeness (QED) is 0.519. The monoisotopic (exact) mass is 345 g/mol. The fraction of sp³-hybridized carbons (Fsp3) is 0.143. The Hall–Kier alpha value is -2.48. The van der Waals surface area contributed by atoms with Gasteiger partial charge in [0.1, 0.15) is 5.02 Å². The minimum absolute atomic E-state index is 0.179. The topological polar surface area (TPSA) is 69.7 Å². The summed E-state index contributed by atoms with van der Waals surface area (Å²) >= 11 is 5.82. The summed E-state index contributed by atoms with van der Waals surface area (Å²) in [7, 11) is 1.41. The molecule has 0 saturated carbocycles. The van der Waals surface area contributed by atoms with E-state index in [-0.39, 0.29) is 16.7 Å². The number of nitrogens with two attached hydrogens (primary N) is 1. The van der Waals surface area contributed by atoms with E-state index in [2.05, 4.69) is 10.1 Å². The Balaban J connectivity index is 2.43. The number of methoxy groups -OCH3 is 1. The maximum absolute atomic E-state index is 12.6. The molecule has 1 heterocycles. The molecule has 23 heavy (non-hydrogen) atoms. The first-order chi connectivity index (χ1) is 10.9. The lowest BCUT2D eigenvalue weighted by Crippen LogP contribution is -2.06. The van der Waals surface area contributed by atoms with Gasteiger partial charge < -0.3 is 15.3 Å². The molecule has 9 heteroatoms. The molecule has 0 atom stereocenters. The van der Waals surface area contributed by atoms with E-state index in [0.29, 0.717) is 17.5 Å². The van der Waals surface area contributed by atoms with Crippen LogP contribution < -0.4 is 15.3 Å². The molecule has 0 aliphatic rings. The number of hydrazone groups is 1. The molecule has 1 aromatic carbocycles.